The molecule has 2 fully saturated rings. The third-order valence-corrected chi connectivity index (χ3v) is 4.91. The van der Waals surface area contributed by atoms with Gasteiger partial charge in [0.15, 0.2) is 0 Å². The SMILES string of the molecule is CC(C)(CCCN1CCC(N2CCCC2)C1)C(=N)N. The van der Waals surface area contributed by atoms with Gasteiger partial charge in [0.25, 0.3) is 0 Å². The minimum Gasteiger partial charge on any atom is -0.387 e. The third-order valence-electron chi connectivity index (χ3n) is 4.91. The Bertz CT molecular complexity index is 307. The van der Waals surface area contributed by atoms with Gasteiger partial charge in [-0.3, -0.25) is 10.3 Å². The van der Waals surface area contributed by atoms with Gasteiger partial charge in [-0.2, -0.15) is 0 Å². The van der Waals surface area contributed by atoms with Crippen LogP contribution < -0.4 is 5.73 Å². The van der Waals surface area contributed by atoms with E-state index in [9.17, 15) is 0 Å². The number of likely N-dealkylation sites (tertiary alicyclic amines) is 2. The van der Waals surface area contributed by atoms with E-state index in [1.54, 1.807) is 0 Å². The van der Waals surface area contributed by atoms with Crippen molar-refractivity contribution in [3.05, 3.63) is 0 Å². The van der Waals surface area contributed by atoms with Crippen molar-refractivity contribution in [2.75, 3.05) is 32.7 Å². The van der Waals surface area contributed by atoms with Crippen LogP contribution in [0.25, 0.3) is 0 Å². The molecule has 0 aromatic carbocycles. The Hall–Kier alpha value is -0.610. The molecule has 2 rings (SSSR count). The van der Waals surface area contributed by atoms with Crippen molar-refractivity contribution in [3.63, 3.8) is 0 Å². The Morgan fingerprint density at radius 2 is 1.95 bits per heavy atom. The molecule has 2 heterocycles. The van der Waals surface area contributed by atoms with Crippen LogP contribution in [0.2, 0.25) is 0 Å². The van der Waals surface area contributed by atoms with Crippen LogP contribution in [0.3, 0.4) is 0 Å². The summed E-state index contributed by atoms with van der Waals surface area (Å²) in [6.45, 7) is 10.5. The zero-order valence-electron chi connectivity index (χ0n) is 12.6. The summed E-state index contributed by atoms with van der Waals surface area (Å²) in [6, 6.07) is 0.809. The molecule has 3 N–H and O–H groups in total. The predicted molar refractivity (Wildman–Crippen MR) is 80.6 cm³/mol. The summed E-state index contributed by atoms with van der Waals surface area (Å²) < 4.78 is 0. The minimum atomic E-state index is -0.131. The van der Waals surface area contributed by atoms with Crippen LogP contribution in [-0.2, 0) is 0 Å². The first-order valence-electron chi connectivity index (χ1n) is 7.80. The highest BCUT2D eigenvalue weighted by Gasteiger charge is 2.29. The van der Waals surface area contributed by atoms with E-state index in [0.717, 1.165) is 18.9 Å². The lowest BCUT2D eigenvalue weighted by atomic mass is 9.86. The molecule has 0 amide bonds. The second kappa shape index (κ2) is 6.23. The van der Waals surface area contributed by atoms with E-state index in [2.05, 4.69) is 23.6 Å². The molecule has 0 radical (unpaired) electrons. The van der Waals surface area contributed by atoms with Crippen molar-refractivity contribution in [1.82, 2.24) is 9.80 Å². The quantitative estimate of drug-likeness (QED) is 0.570. The van der Waals surface area contributed by atoms with Gasteiger partial charge in [0.2, 0.25) is 0 Å². The first-order chi connectivity index (χ1) is 8.99. The largest absolute Gasteiger partial charge is 0.387 e. The van der Waals surface area contributed by atoms with Gasteiger partial charge in [0.1, 0.15) is 0 Å². The molecular weight excluding hydrogens is 236 g/mol. The highest BCUT2D eigenvalue weighted by molar-refractivity contribution is 5.82. The number of nitrogens with one attached hydrogen (secondary N) is 1. The first kappa shape index (κ1) is 14.8. The van der Waals surface area contributed by atoms with Gasteiger partial charge in [0, 0.05) is 18.0 Å². The van der Waals surface area contributed by atoms with E-state index in [-0.39, 0.29) is 5.41 Å². The molecule has 4 heteroatoms. The molecule has 0 bridgehead atoms. The lowest BCUT2D eigenvalue weighted by molar-refractivity contribution is 0.228. The maximum atomic E-state index is 7.59. The van der Waals surface area contributed by atoms with E-state index in [0.29, 0.717) is 5.84 Å². The molecule has 0 aromatic heterocycles. The Labute approximate surface area is 117 Å². The van der Waals surface area contributed by atoms with Crippen LogP contribution in [-0.4, -0.2) is 54.4 Å². The molecule has 19 heavy (non-hydrogen) atoms. The molecule has 4 nitrogen and oxygen atoms in total. The molecule has 2 saturated heterocycles. The summed E-state index contributed by atoms with van der Waals surface area (Å²) in [5.74, 6) is 0.323. The normalized spacial score (nSPS) is 26.1. The molecule has 0 saturated carbocycles. The topological polar surface area (TPSA) is 56.4 Å². The molecule has 0 spiro atoms. The van der Waals surface area contributed by atoms with Crippen molar-refractivity contribution in [2.24, 2.45) is 11.1 Å². The fraction of sp³-hybridized carbons (Fsp3) is 0.933. The molecular formula is C15H30N4. The number of nitrogens with zero attached hydrogens (tertiary/aromatic N) is 2. The van der Waals surface area contributed by atoms with Crippen LogP contribution in [0.1, 0.15) is 46.0 Å². The maximum absolute atomic E-state index is 7.59. The van der Waals surface area contributed by atoms with Gasteiger partial charge in [-0.15, -0.1) is 0 Å². The lowest BCUT2D eigenvalue weighted by Gasteiger charge is -2.25. The van der Waals surface area contributed by atoms with Crippen LogP contribution in [0, 0.1) is 10.8 Å². The van der Waals surface area contributed by atoms with Gasteiger partial charge in [-0.05, 0) is 58.3 Å². The van der Waals surface area contributed by atoms with Crippen molar-refractivity contribution >= 4 is 5.84 Å². The van der Waals surface area contributed by atoms with Crippen LogP contribution >= 0.6 is 0 Å². The number of amidine groups is 1. The van der Waals surface area contributed by atoms with Gasteiger partial charge in [0.05, 0.1) is 5.84 Å². The lowest BCUT2D eigenvalue weighted by Crippen LogP contribution is -2.36. The molecule has 2 aliphatic heterocycles. The zero-order chi connectivity index (χ0) is 13.9. The van der Waals surface area contributed by atoms with Crippen molar-refractivity contribution < 1.29 is 0 Å². The standard InChI is InChI=1S/C15H30N4/c1-15(2,14(16)17)7-5-8-18-11-6-13(12-18)19-9-3-4-10-19/h13H,3-12H2,1-2H3,(H3,16,17). The third kappa shape index (κ3) is 3.93. The Kier molecular flexibility index (Phi) is 4.85. The molecule has 0 aromatic rings. The van der Waals surface area contributed by atoms with Crippen LogP contribution in [0.15, 0.2) is 0 Å². The van der Waals surface area contributed by atoms with E-state index < -0.39 is 0 Å². The summed E-state index contributed by atoms with van der Waals surface area (Å²) in [4.78, 5) is 5.28. The van der Waals surface area contributed by atoms with Crippen molar-refractivity contribution in [3.8, 4) is 0 Å². The second-order valence-corrected chi connectivity index (χ2v) is 6.89. The van der Waals surface area contributed by atoms with Gasteiger partial charge in [-0.1, -0.05) is 13.8 Å². The summed E-state index contributed by atoms with van der Waals surface area (Å²) in [7, 11) is 0. The smallest absolute Gasteiger partial charge is 0.0963 e. The van der Waals surface area contributed by atoms with E-state index in [1.165, 1.54) is 52.0 Å². The van der Waals surface area contributed by atoms with Crippen LogP contribution in [0.5, 0.6) is 0 Å². The minimum absolute atomic E-state index is 0.131. The van der Waals surface area contributed by atoms with Crippen LogP contribution in [0.4, 0.5) is 0 Å². The Morgan fingerprint density at radius 3 is 2.58 bits per heavy atom. The first-order valence-corrected chi connectivity index (χ1v) is 7.80. The molecule has 1 unspecified atom stereocenters. The maximum Gasteiger partial charge on any atom is 0.0963 e. The summed E-state index contributed by atoms with van der Waals surface area (Å²) in [6.07, 6.45) is 6.30. The molecule has 1 atom stereocenters. The zero-order valence-corrected chi connectivity index (χ0v) is 12.6. The highest BCUT2D eigenvalue weighted by atomic mass is 15.3. The van der Waals surface area contributed by atoms with Crippen molar-refractivity contribution in [2.45, 2.75) is 52.0 Å². The monoisotopic (exact) mass is 266 g/mol. The summed E-state index contributed by atoms with van der Waals surface area (Å²) in [5.41, 5.74) is 5.50. The second-order valence-electron chi connectivity index (χ2n) is 6.89. The van der Waals surface area contributed by atoms with Crippen molar-refractivity contribution in [1.29, 1.82) is 5.41 Å². The predicted octanol–water partition coefficient (Wildman–Crippen LogP) is 1.90. The van der Waals surface area contributed by atoms with Gasteiger partial charge in [-0.25, -0.2) is 0 Å². The molecule has 110 valence electrons. The number of nitrogens with two attached hydrogens (primary N) is 1. The number of rotatable bonds is 6. The van der Waals surface area contributed by atoms with Gasteiger partial charge < -0.3 is 10.6 Å². The van der Waals surface area contributed by atoms with E-state index >= 15 is 0 Å². The van der Waals surface area contributed by atoms with Gasteiger partial charge >= 0.3 is 0 Å². The summed E-state index contributed by atoms with van der Waals surface area (Å²) in [5, 5.41) is 7.59. The fourth-order valence-corrected chi connectivity index (χ4v) is 3.30. The molecule has 2 aliphatic rings. The molecule has 0 aliphatic carbocycles. The summed E-state index contributed by atoms with van der Waals surface area (Å²) >= 11 is 0. The Balaban J connectivity index is 1.66. The fourth-order valence-electron chi connectivity index (χ4n) is 3.30. The highest BCUT2D eigenvalue weighted by Crippen LogP contribution is 2.24. The Morgan fingerprint density at radius 1 is 1.26 bits per heavy atom. The average molecular weight is 266 g/mol. The van der Waals surface area contributed by atoms with E-state index in [4.69, 9.17) is 11.1 Å². The van der Waals surface area contributed by atoms with E-state index in [1.807, 2.05) is 0 Å². The number of hydrogen-bond acceptors (Lipinski definition) is 3. The average Bonchev–Trinajstić information content (AvgIpc) is 2.98. The number of hydrogen-bond donors (Lipinski definition) is 2.